The third-order valence-corrected chi connectivity index (χ3v) is 3.16. The van der Waals surface area contributed by atoms with Gasteiger partial charge >= 0.3 is 0 Å². The topological polar surface area (TPSA) is 33.0 Å². The van der Waals surface area contributed by atoms with Crippen molar-refractivity contribution in [2.24, 2.45) is 5.92 Å². The number of rotatable bonds is 5. The fourth-order valence-electron chi connectivity index (χ4n) is 2.02. The van der Waals surface area contributed by atoms with Crippen molar-refractivity contribution < 1.29 is 4.74 Å². The lowest BCUT2D eigenvalue weighted by Gasteiger charge is -2.15. The van der Waals surface area contributed by atoms with Crippen molar-refractivity contribution in [1.29, 1.82) is 5.26 Å². The van der Waals surface area contributed by atoms with Gasteiger partial charge < -0.3 is 4.74 Å². The number of nitriles is 1. The Hall–Kier alpha value is -2.27. The summed E-state index contributed by atoms with van der Waals surface area (Å²) >= 11 is 0. The van der Waals surface area contributed by atoms with Crippen molar-refractivity contribution in [2.75, 3.05) is 6.61 Å². The monoisotopic (exact) mass is 265 g/mol. The normalized spacial score (nSPS) is 19.5. The fourth-order valence-corrected chi connectivity index (χ4v) is 2.02. The van der Waals surface area contributed by atoms with Gasteiger partial charge in [0.05, 0.1) is 18.6 Å². The molecular weight excluding hydrogens is 246 g/mol. The summed E-state index contributed by atoms with van der Waals surface area (Å²) in [4.78, 5) is 0. The zero-order valence-corrected chi connectivity index (χ0v) is 11.8. The minimum atomic E-state index is -0.200. The number of benzene rings is 1. The van der Waals surface area contributed by atoms with Gasteiger partial charge in [0.15, 0.2) is 0 Å². The summed E-state index contributed by atoms with van der Waals surface area (Å²) < 4.78 is 5.71. The molecule has 0 spiro atoms. The van der Waals surface area contributed by atoms with Crippen LogP contribution in [0.2, 0.25) is 0 Å². The summed E-state index contributed by atoms with van der Waals surface area (Å²) in [6.45, 7) is 2.86. The first-order valence-electron chi connectivity index (χ1n) is 7.02. The van der Waals surface area contributed by atoms with E-state index in [0.29, 0.717) is 0 Å². The Morgan fingerprint density at radius 3 is 2.80 bits per heavy atom. The maximum Gasteiger partial charge on any atom is 0.119 e. The van der Waals surface area contributed by atoms with Crippen LogP contribution in [0.4, 0.5) is 0 Å². The Morgan fingerprint density at radius 2 is 2.10 bits per heavy atom. The molecule has 20 heavy (non-hydrogen) atoms. The van der Waals surface area contributed by atoms with Crippen molar-refractivity contribution >= 4 is 6.08 Å². The second-order valence-corrected chi connectivity index (χ2v) is 4.77. The Morgan fingerprint density at radius 1 is 1.30 bits per heavy atom. The molecule has 0 heterocycles. The van der Waals surface area contributed by atoms with Crippen molar-refractivity contribution in [3.63, 3.8) is 0 Å². The van der Waals surface area contributed by atoms with Crippen LogP contribution in [0.15, 0.2) is 59.9 Å². The molecule has 2 heteroatoms. The maximum atomic E-state index is 9.23. The van der Waals surface area contributed by atoms with E-state index in [9.17, 15) is 5.26 Å². The molecular formula is C18H19NO. The van der Waals surface area contributed by atoms with Gasteiger partial charge in [0.2, 0.25) is 0 Å². The average molecular weight is 265 g/mol. The highest BCUT2D eigenvalue weighted by molar-refractivity contribution is 5.60. The van der Waals surface area contributed by atoms with Crippen LogP contribution in [0.1, 0.15) is 25.3 Å². The number of allylic oxidation sites excluding steroid dienone is 4. The van der Waals surface area contributed by atoms with Crippen LogP contribution < -0.4 is 0 Å². The molecule has 1 aromatic rings. The van der Waals surface area contributed by atoms with Crippen molar-refractivity contribution in [3.8, 4) is 6.07 Å². The van der Waals surface area contributed by atoms with Gasteiger partial charge in [-0.25, -0.2) is 0 Å². The molecule has 1 unspecified atom stereocenters. The Labute approximate surface area is 120 Å². The maximum absolute atomic E-state index is 9.23. The van der Waals surface area contributed by atoms with E-state index in [1.807, 2.05) is 54.6 Å². The standard InChI is InChI=1S/C18H19NO/c1-2-3-11-20-18-10-9-16(14-19)17(13-18)12-15-7-5-4-6-8-15/h4-10,12-13,16H,2-3,11H2,1H3. The molecule has 0 aliphatic heterocycles. The summed E-state index contributed by atoms with van der Waals surface area (Å²) in [6, 6.07) is 12.3. The zero-order chi connectivity index (χ0) is 14.2. The van der Waals surface area contributed by atoms with Gasteiger partial charge in [0.25, 0.3) is 0 Å². The van der Waals surface area contributed by atoms with E-state index >= 15 is 0 Å². The summed E-state index contributed by atoms with van der Waals surface area (Å²) in [5.74, 6) is 0.640. The van der Waals surface area contributed by atoms with Crippen LogP contribution in [0.5, 0.6) is 0 Å². The van der Waals surface area contributed by atoms with Crippen molar-refractivity contribution in [3.05, 3.63) is 65.5 Å². The summed E-state index contributed by atoms with van der Waals surface area (Å²) in [7, 11) is 0. The van der Waals surface area contributed by atoms with Crippen LogP contribution in [0.3, 0.4) is 0 Å². The van der Waals surface area contributed by atoms with Gasteiger partial charge in [-0.3, -0.25) is 0 Å². The van der Waals surface area contributed by atoms with Crippen LogP contribution in [0.25, 0.3) is 6.08 Å². The SMILES string of the molecule is CCCCOC1=CC(=Cc2ccccc2)C(C#N)C=C1. The molecule has 1 aliphatic carbocycles. The minimum Gasteiger partial charge on any atom is -0.494 e. The predicted octanol–water partition coefficient (Wildman–Crippen LogP) is 4.48. The second-order valence-electron chi connectivity index (χ2n) is 4.77. The molecule has 0 radical (unpaired) electrons. The van der Waals surface area contributed by atoms with Gasteiger partial charge in [-0.05, 0) is 35.8 Å². The van der Waals surface area contributed by atoms with Gasteiger partial charge in [0.1, 0.15) is 5.76 Å². The highest BCUT2D eigenvalue weighted by Gasteiger charge is 2.14. The second kappa shape index (κ2) is 7.35. The molecule has 0 fully saturated rings. The van der Waals surface area contributed by atoms with Crippen molar-refractivity contribution in [2.45, 2.75) is 19.8 Å². The molecule has 102 valence electrons. The van der Waals surface area contributed by atoms with E-state index in [1.54, 1.807) is 0 Å². The highest BCUT2D eigenvalue weighted by atomic mass is 16.5. The lowest BCUT2D eigenvalue weighted by Crippen LogP contribution is -2.04. The average Bonchev–Trinajstić information content (AvgIpc) is 2.49. The predicted molar refractivity (Wildman–Crippen MR) is 81.6 cm³/mol. The van der Waals surface area contributed by atoms with Crippen LogP contribution in [-0.4, -0.2) is 6.61 Å². The molecule has 1 atom stereocenters. The third-order valence-electron chi connectivity index (χ3n) is 3.16. The molecule has 1 aromatic carbocycles. The molecule has 2 rings (SSSR count). The summed E-state index contributed by atoms with van der Waals surface area (Å²) in [5.41, 5.74) is 2.08. The Kier molecular flexibility index (Phi) is 5.20. The number of hydrogen-bond acceptors (Lipinski definition) is 2. The molecule has 0 bridgehead atoms. The largest absolute Gasteiger partial charge is 0.494 e. The number of ether oxygens (including phenoxy) is 1. The van der Waals surface area contributed by atoms with Gasteiger partial charge in [-0.1, -0.05) is 49.8 Å². The molecule has 2 nitrogen and oxygen atoms in total. The molecule has 1 aliphatic rings. The lowest BCUT2D eigenvalue weighted by atomic mass is 9.93. The van der Waals surface area contributed by atoms with Gasteiger partial charge in [-0.2, -0.15) is 5.26 Å². The van der Waals surface area contributed by atoms with Crippen molar-refractivity contribution in [1.82, 2.24) is 0 Å². The first-order valence-corrected chi connectivity index (χ1v) is 7.02. The van der Waals surface area contributed by atoms with Gasteiger partial charge in [-0.15, -0.1) is 0 Å². The molecule has 0 saturated heterocycles. The van der Waals surface area contributed by atoms with Gasteiger partial charge in [0, 0.05) is 0 Å². The fraction of sp³-hybridized carbons (Fsp3) is 0.278. The van der Waals surface area contributed by atoms with E-state index in [0.717, 1.165) is 36.3 Å². The Balaban J connectivity index is 2.17. The minimum absolute atomic E-state index is 0.200. The van der Waals surface area contributed by atoms with E-state index in [-0.39, 0.29) is 5.92 Å². The number of unbranched alkanes of at least 4 members (excludes halogenated alkanes) is 1. The first kappa shape index (κ1) is 14.1. The molecule has 0 saturated carbocycles. The van der Waals surface area contributed by atoms with Crippen LogP contribution in [0, 0.1) is 17.2 Å². The lowest BCUT2D eigenvalue weighted by molar-refractivity contribution is 0.218. The zero-order valence-electron chi connectivity index (χ0n) is 11.8. The third kappa shape index (κ3) is 3.86. The number of hydrogen-bond donors (Lipinski definition) is 0. The smallest absolute Gasteiger partial charge is 0.119 e. The van der Waals surface area contributed by atoms with E-state index in [1.165, 1.54) is 0 Å². The Bertz CT molecular complexity index is 561. The highest BCUT2D eigenvalue weighted by Crippen LogP contribution is 2.24. The van der Waals surface area contributed by atoms with E-state index < -0.39 is 0 Å². The van der Waals surface area contributed by atoms with Crippen LogP contribution in [-0.2, 0) is 4.74 Å². The summed E-state index contributed by atoms with van der Waals surface area (Å²) in [6.07, 6.45) is 9.97. The molecule has 0 N–H and O–H groups in total. The first-order chi connectivity index (χ1) is 9.83. The molecule has 0 amide bonds. The quantitative estimate of drug-likeness (QED) is 0.735. The molecule has 0 aromatic heterocycles. The van der Waals surface area contributed by atoms with Crippen LogP contribution >= 0.6 is 0 Å². The van der Waals surface area contributed by atoms with E-state index in [4.69, 9.17) is 4.74 Å². The van der Waals surface area contributed by atoms with E-state index in [2.05, 4.69) is 13.0 Å². The number of nitrogens with zero attached hydrogens (tertiary/aromatic N) is 1. The summed E-state index contributed by atoms with van der Waals surface area (Å²) in [5, 5.41) is 9.23.